The van der Waals surface area contributed by atoms with E-state index in [0.29, 0.717) is 49.3 Å². The predicted molar refractivity (Wildman–Crippen MR) is 129 cm³/mol. The van der Waals surface area contributed by atoms with E-state index in [1.807, 2.05) is 48.2 Å². The Morgan fingerprint density at radius 1 is 1.06 bits per heavy atom. The Bertz CT molecular complexity index is 1320. The second kappa shape index (κ2) is 8.71. The fourth-order valence-corrected chi connectivity index (χ4v) is 5.00. The van der Waals surface area contributed by atoms with Gasteiger partial charge in [-0.2, -0.15) is 23.0 Å². The van der Waals surface area contributed by atoms with Crippen molar-refractivity contribution in [3.63, 3.8) is 0 Å². The van der Waals surface area contributed by atoms with E-state index in [1.165, 1.54) is 12.1 Å². The molecule has 0 saturated carbocycles. The van der Waals surface area contributed by atoms with Gasteiger partial charge in [0.05, 0.1) is 23.0 Å². The van der Waals surface area contributed by atoms with Crippen LogP contribution >= 0.6 is 0 Å². The van der Waals surface area contributed by atoms with Crippen LogP contribution in [-0.2, 0) is 19.0 Å². The van der Waals surface area contributed by atoms with Gasteiger partial charge >= 0.3 is 6.18 Å². The molecular weight excluding hydrogens is 457 g/mol. The first-order valence-corrected chi connectivity index (χ1v) is 11.7. The number of benzene rings is 2. The van der Waals surface area contributed by atoms with Gasteiger partial charge in [-0.3, -0.25) is 4.79 Å². The summed E-state index contributed by atoms with van der Waals surface area (Å²) in [4.78, 5) is 17.2. The molecule has 1 aromatic heterocycles. The summed E-state index contributed by atoms with van der Waals surface area (Å²) in [6, 6.07) is 11.4. The molecule has 3 aromatic rings. The third-order valence-corrected chi connectivity index (χ3v) is 6.85. The van der Waals surface area contributed by atoms with Crippen molar-refractivity contribution in [2.24, 2.45) is 0 Å². The fraction of sp³-hybridized carbons (Fsp3) is 0.385. The van der Waals surface area contributed by atoms with E-state index in [-0.39, 0.29) is 5.69 Å². The molecule has 0 spiro atoms. The molecule has 6 nitrogen and oxygen atoms in total. The molecule has 1 atom stereocenters. The molecule has 1 saturated heterocycles. The molecule has 1 aliphatic carbocycles. The van der Waals surface area contributed by atoms with E-state index in [0.717, 1.165) is 34.0 Å². The molecule has 2 aromatic carbocycles. The van der Waals surface area contributed by atoms with Gasteiger partial charge in [-0.15, -0.1) is 0 Å². The van der Waals surface area contributed by atoms with Crippen molar-refractivity contribution < 1.29 is 18.3 Å². The lowest BCUT2D eigenvalue weighted by Crippen LogP contribution is -2.29. The van der Waals surface area contributed by atoms with E-state index >= 15 is 0 Å². The first-order chi connectivity index (χ1) is 16.6. The number of nitrogens with zero attached hydrogens (tertiary/aromatic N) is 4. The minimum Gasteiger partial charge on any atom is -0.391 e. The van der Waals surface area contributed by atoms with Crippen molar-refractivity contribution in [2.45, 2.75) is 38.0 Å². The zero-order valence-corrected chi connectivity index (χ0v) is 19.6. The molecule has 1 N–H and O–H groups in total. The highest BCUT2D eigenvalue weighted by Crippen LogP contribution is 2.37. The second-order valence-corrected chi connectivity index (χ2v) is 9.41. The number of aliphatic hydroxyl groups excluding tert-OH is 1. The maximum atomic E-state index is 14.1. The van der Waals surface area contributed by atoms with Gasteiger partial charge in [0.1, 0.15) is 0 Å². The Labute approximate surface area is 201 Å². The number of fused-ring (bicyclic) bond motifs is 1. The number of halogens is 3. The lowest BCUT2D eigenvalue weighted by atomic mass is 10.0. The number of hydrogen-bond donors (Lipinski definition) is 1. The highest BCUT2D eigenvalue weighted by Gasteiger charge is 2.36. The molecule has 1 aliphatic heterocycles. The smallest absolute Gasteiger partial charge is 0.391 e. The number of hydrogen-bond acceptors (Lipinski definition) is 5. The normalized spacial score (nSPS) is 17.7. The summed E-state index contributed by atoms with van der Waals surface area (Å²) >= 11 is 0. The summed E-state index contributed by atoms with van der Waals surface area (Å²) in [6.07, 6.45) is -2.71. The zero-order chi connectivity index (χ0) is 24.9. The van der Waals surface area contributed by atoms with Crippen molar-refractivity contribution in [1.82, 2.24) is 9.78 Å². The van der Waals surface area contributed by atoms with Crippen LogP contribution in [0.5, 0.6) is 0 Å². The van der Waals surface area contributed by atoms with Crippen molar-refractivity contribution in [1.29, 1.82) is 0 Å². The van der Waals surface area contributed by atoms with Crippen molar-refractivity contribution in [3.05, 3.63) is 69.5 Å². The Morgan fingerprint density at radius 2 is 1.77 bits per heavy atom. The number of aliphatic hydroxyl groups is 1. The zero-order valence-electron chi connectivity index (χ0n) is 19.6. The van der Waals surface area contributed by atoms with E-state index in [4.69, 9.17) is 0 Å². The Balaban J connectivity index is 1.71. The third-order valence-electron chi connectivity index (χ3n) is 6.85. The van der Waals surface area contributed by atoms with Gasteiger partial charge in [0.2, 0.25) is 0 Å². The van der Waals surface area contributed by atoms with Crippen LogP contribution in [0.15, 0.2) is 47.3 Å². The first-order valence-electron chi connectivity index (χ1n) is 11.7. The second-order valence-electron chi connectivity index (χ2n) is 9.41. The van der Waals surface area contributed by atoms with E-state index in [2.05, 4.69) is 5.10 Å². The van der Waals surface area contributed by atoms with E-state index < -0.39 is 23.4 Å². The monoisotopic (exact) mass is 484 g/mol. The molecule has 9 heteroatoms. The van der Waals surface area contributed by atoms with Gasteiger partial charge in [0, 0.05) is 49.7 Å². The summed E-state index contributed by atoms with van der Waals surface area (Å²) in [5.74, 6) is 0. The minimum atomic E-state index is -4.66. The molecular formula is C26H27F3N4O2. The molecule has 184 valence electrons. The minimum absolute atomic E-state index is 0.290. The van der Waals surface area contributed by atoms with Gasteiger partial charge < -0.3 is 14.9 Å². The van der Waals surface area contributed by atoms with Crippen LogP contribution in [0.2, 0.25) is 0 Å². The van der Waals surface area contributed by atoms with Crippen molar-refractivity contribution in [2.75, 3.05) is 37.0 Å². The number of alkyl halides is 3. The topological polar surface area (TPSA) is 61.6 Å². The molecule has 1 fully saturated rings. The SMILES string of the molecule is CN(C)c1ccc(-c2nn(-c3cc(N4CC[C@H](O)C4)ccc3C(F)(F)F)c(=O)c3c2CCC3)cc1. The fourth-order valence-electron chi connectivity index (χ4n) is 5.00. The molecule has 35 heavy (non-hydrogen) atoms. The Hall–Kier alpha value is -3.33. The molecule has 0 radical (unpaired) electrons. The number of aromatic nitrogens is 2. The van der Waals surface area contributed by atoms with Gasteiger partial charge in [-0.05, 0) is 61.6 Å². The van der Waals surface area contributed by atoms with Crippen LogP contribution in [-0.4, -0.2) is 48.2 Å². The molecule has 2 heterocycles. The van der Waals surface area contributed by atoms with Gasteiger partial charge in [0.25, 0.3) is 5.56 Å². The molecule has 0 amide bonds. The first kappa shape index (κ1) is 23.4. The van der Waals surface area contributed by atoms with Crippen molar-refractivity contribution >= 4 is 11.4 Å². The van der Waals surface area contributed by atoms with Crippen LogP contribution in [0.25, 0.3) is 16.9 Å². The maximum Gasteiger partial charge on any atom is 0.418 e. The van der Waals surface area contributed by atoms with Gasteiger partial charge in [-0.25, -0.2) is 0 Å². The Kier molecular flexibility index (Phi) is 5.83. The van der Waals surface area contributed by atoms with Crippen LogP contribution in [0.3, 0.4) is 0 Å². The molecule has 0 bridgehead atoms. The number of rotatable bonds is 4. The summed E-state index contributed by atoms with van der Waals surface area (Å²) in [5, 5.41) is 14.4. The highest BCUT2D eigenvalue weighted by atomic mass is 19.4. The summed E-state index contributed by atoms with van der Waals surface area (Å²) in [6.45, 7) is 0.864. The lowest BCUT2D eigenvalue weighted by Gasteiger charge is -2.22. The molecule has 2 aliphatic rings. The maximum absolute atomic E-state index is 14.1. The van der Waals surface area contributed by atoms with Crippen LogP contribution < -0.4 is 15.4 Å². The Morgan fingerprint density at radius 3 is 2.40 bits per heavy atom. The molecule has 0 unspecified atom stereocenters. The van der Waals surface area contributed by atoms with Gasteiger partial charge in [0.15, 0.2) is 0 Å². The quantitative estimate of drug-likeness (QED) is 0.606. The number of β-amino-alcohol motifs (C(OH)–C–C–N with tert-alkyl or cyclic N) is 1. The van der Waals surface area contributed by atoms with Crippen LogP contribution in [0.4, 0.5) is 24.5 Å². The van der Waals surface area contributed by atoms with E-state index in [1.54, 1.807) is 0 Å². The predicted octanol–water partition coefficient (Wildman–Crippen LogP) is 4.04. The summed E-state index contributed by atoms with van der Waals surface area (Å²) in [5.41, 5.74) is 2.44. The van der Waals surface area contributed by atoms with Gasteiger partial charge in [-0.1, -0.05) is 12.1 Å². The molecule has 5 rings (SSSR count). The third kappa shape index (κ3) is 4.29. The summed E-state index contributed by atoms with van der Waals surface area (Å²) < 4.78 is 43.1. The van der Waals surface area contributed by atoms with Crippen LogP contribution in [0, 0.1) is 0 Å². The highest BCUT2D eigenvalue weighted by molar-refractivity contribution is 5.68. The number of anilines is 2. The van der Waals surface area contributed by atoms with Crippen molar-refractivity contribution in [3.8, 4) is 16.9 Å². The average Bonchev–Trinajstić information content (AvgIpc) is 3.48. The lowest BCUT2D eigenvalue weighted by molar-refractivity contribution is -0.137. The standard InChI is InChI=1S/C26H27F3N4O2/c1-31(2)17-8-6-16(7-9-17)24-20-4-3-5-21(20)25(35)33(30-24)23-14-18(32-13-12-19(34)15-32)10-11-22(23)26(27,28)29/h6-11,14,19,34H,3-5,12-13,15H2,1-2H3/t19-/m0/s1. The van der Waals surface area contributed by atoms with Crippen LogP contribution in [0.1, 0.15) is 29.5 Å². The average molecular weight is 485 g/mol. The largest absolute Gasteiger partial charge is 0.418 e. The van der Waals surface area contributed by atoms with E-state index in [9.17, 15) is 23.1 Å². The summed E-state index contributed by atoms with van der Waals surface area (Å²) in [7, 11) is 3.85.